The first-order valence-corrected chi connectivity index (χ1v) is 8.67. The number of nitrogens with zero attached hydrogens (tertiary/aromatic N) is 3. The number of fused-ring (bicyclic) bond motifs is 1. The molecule has 1 aliphatic carbocycles. The average molecular weight is 330 g/mol. The Labute approximate surface area is 145 Å². The summed E-state index contributed by atoms with van der Waals surface area (Å²) in [6, 6.07) is 9.86. The van der Waals surface area contributed by atoms with Crippen molar-refractivity contribution in [2.24, 2.45) is 0 Å². The highest BCUT2D eigenvalue weighted by Crippen LogP contribution is 2.32. The number of hydrogen-bond donors (Lipinski definition) is 1. The molecule has 124 valence electrons. The third-order valence-corrected chi connectivity index (χ3v) is 5.07. The quantitative estimate of drug-likeness (QED) is 0.744. The van der Waals surface area contributed by atoms with Crippen molar-refractivity contribution in [2.75, 3.05) is 6.54 Å². The highest BCUT2D eigenvalue weighted by atomic mass is 16.1. The second-order valence-corrected chi connectivity index (χ2v) is 6.73. The summed E-state index contributed by atoms with van der Waals surface area (Å²) in [7, 11) is 0. The lowest BCUT2D eigenvalue weighted by molar-refractivity contribution is 0.0956. The van der Waals surface area contributed by atoms with E-state index < -0.39 is 0 Å². The van der Waals surface area contributed by atoms with Gasteiger partial charge in [-0.1, -0.05) is 31.2 Å². The van der Waals surface area contributed by atoms with Crippen molar-refractivity contribution in [3.8, 4) is 11.5 Å². The van der Waals surface area contributed by atoms with Crippen molar-refractivity contribution in [1.29, 1.82) is 0 Å². The predicted octanol–water partition coefficient (Wildman–Crippen LogP) is 3.36. The smallest absolute Gasteiger partial charge is 0.253 e. The molecular formula is C20H18N4O. The van der Waals surface area contributed by atoms with Gasteiger partial charge in [-0.15, -0.1) is 0 Å². The second kappa shape index (κ2) is 5.28. The third-order valence-electron chi connectivity index (χ3n) is 5.07. The zero-order chi connectivity index (χ0) is 17.0. The number of carbonyl (C=O) groups is 1. The maximum Gasteiger partial charge on any atom is 0.253 e. The van der Waals surface area contributed by atoms with Crippen LogP contribution in [0.25, 0.3) is 28.6 Å². The summed E-state index contributed by atoms with van der Waals surface area (Å²) >= 11 is 0. The molecule has 0 saturated carbocycles. The average Bonchev–Trinajstić information content (AvgIpc) is 2.91. The van der Waals surface area contributed by atoms with E-state index in [4.69, 9.17) is 9.97 Å². The number of carbonyl (C=O) groups excluding carboxylic acids is 1. The molecule has 25 heavy (non-hydrogen) atoms. The lowest BCUT2D eigenvalue weighted by Crippen LogP contribution is -2.24. The number of allylic oxidation sites excluding steroid dienone is 1. The van der Waals surface area contributed by atoms with Crippen LogP contribution < -0.4 is 5.32 Å². The van der Waals surface area contributed by atoms with E-state index in [9.17, 15) is 4.79 Å². The molecule has 1 amide bonds. The van der Waals surface area contributed by atoms with E-state index in [1.54, 1.807) is 0 Å². The van der Waals surface area contributed by atoms with Crippen LogP contribution in [-0.4, -0.2) is 27.0 Å². The van der Waals surface area contributed by atoms with Crippen LogP contribution in [0, 0.1) is 0 Å². The largest absolute Gasteiger partial charge is 0.350 e. The van der Waals surface area contributed by atoms with E-state index in [1.807, 2.05) is 24.3 Å². The summed E-state index contributed by atoms with van der Waals surface area (Å²) in [6.45, 7) is 3.50. The van der Waals surface area contributed by atoms with Gasteiger partial charge in [-0.2, -0.15) is 0 Å². The van der Waals surface area contributed by atoms with Crippen molar-refractivity contribution in [3.05, 3.63) is 53.2 Å². The third kappa shape index (κ3) is 2.12. The number of amides is 1. The molecule has 1 atom stereocenters. The monoisotopic (exact) mass is 330 g/mol. The Morgan fingerprint density at radius 1 is 1.20 bits per heavy atom. The highest BCUT2D eigenvalue weighted by Gasteiger charge is 2.23. The van der Waals surface area contributed by atoms with Crippen molar-refractivity contribution >= 4 is 23.0 Å². The normalized spacial score (nSPS) is 18.8. The molecule has 0 bridgehead atoms. The molecule has 5 nitrogen and oxygen atoms in total. The van der Waals surface area contributed by atoms with E-state index in [1.165, 1.54) is 5.56 Å². The van der Waals surface area contributed by atoms with Crippen molar-refractivity contribution in [1.82, 2.24) is 19.9 Å². The van der Waals surface area contributed by atoms with E-state index in [2.05, 4.69) is 35.0 Å². The molecule has 1 aliphatic heterocycles. The molecule has 2 aromatic heterocycles. The fourth-order valence-electron chi connectivity index (χ4n) is 3.82. The minimum atomic E-state index is -0.0343. The topological polar surface area (TPSA) is 59.8 Å². The number of imidazole rings is 1. The fourth-order valence-corrected chi connectivity index (χ4v) is 3.82. The fraction of sp³-hybridized carbons (Fsp3) is 0.250. The van der Waals surface area contributed by atoms with E-state index in [0.29, 0.717) is 24.6 Å². The van der Waals surface area contributed by atoms with Crippen molar-refractivity contribution < 1.29 is 4.79 Å². The van der Waals surface area contributed by atoms with Crippen LogP contribution in [0.3, 0.4) is 0 Å². The number of aromatic nitrogens is 3. The van der Waals surface area contributed by atoms with Crippen LogP contribution in [0.15, 0.2) is 36.4 Å². The highest BCUT2D eigenvalue weighted by molar-refractivity contribution is 6.06. The first-order valence-electron chi connectivity index (χ1n) is 8.67. The Kier molecular flexibility index (Phi) is 3.04. The van der Waals surface area contributed by atoms with Gasteiger partial charge in [0, 0.05) is 19.0 Å². The minimum Gasteiger partial charge on any atom is -0.350 e. The number of hydrogen-bond acceptors (Lipinski definition) is 3. The van der Waals surface area contributed by atoms with Crippen molar-refractivity contribution in [2.45, 2.75) is 25.8 Å². The first-order chi connectivity index (χ1) is 12.2. The number of rotatable bonds is 1. The summed E-state index contributed by atoms with van der Waals surface area (Å²) in [6.07, 6.45) is 5.36. The van der Waals surface area contributed by atoms with Gasteiger partial charge >= 0.3 is 0 Å². The summed E-state index contributed by atoms with van der Waals surface area (Å²) in [5.74, 6) is 1.21. The number of benzene rings is 1. The van der Waals surface area contributed by atoms with Crippen LogP contribution in [0.5, 0.6) is 0 Å². The van der Waals surface area contributed by atoms with Gasteiger partial charge in [0.1, 0.15) is 5.69 Å². The molecule has 3 heterocycles. The van der Waals surface area contributed by atoms with Gasteiger partial charge in [0.05, 0.1) is 22.3 Å². The standard InChI is InChI=1S/C20H18N4O/c1-12-4-2-5-13-8-9-16(22-17(12)13)19-23-15-7-3-6-14-18(15)24(19)11-10-21-20(14)25/h2-3,5-9,12H,4,10-11H2,1H3,(H,21,25). The van der Waals surface area contributed by atoms with Crippen LogP contribution in [0.4, 0.5) is 0 Å². The summed E-state index contributed by atoms with van der Waals surface area (Å²) in [5.41, 5.74) is 5.62. The summed E-state index contributed by atoms with van der Waals surface area (Å²) in [4.78, 5) is 22.0. The maximum atomic E-state index is 12.3. The zero-order valence-electron chi connectivity index (χ0n) is 14.0. The molecule has 5 heteroatoms. The van der Waals surface area contributed by atoms with Gasteiger partial charge in [0.15, 0.2) is 5.82 Å². The van der Waals surface area contributed by atoms with Gasteiger partial charge in [-0.25, -0.2) is 9.97 Å². The maximum absolute atomic E-state index is 12.3. The van der Waals surface area contributed by atoms with Crippen molar-refractivity contribution in [3.63, 3.8) is 0 Å². The van der Waals surface area contributed by atoms with Crippen LogP contribution >= 0.6 is 0 Å². The summed E-state index contributed by atoms with van der Waals surface area (Å²) < 4.78 is 2.13. The lowest BCUT2D eigenvalue weighted by Gasteiger charge is -2.17. The van der Waals surface area contributed by atoms with E-state index in [-0.39, 0.29) is 5.91 Å². The van der Waals surface area contributed by atoms with Gasteiger partial charge in [0.25, 0.3) is 5.91 Å². The van der Waals surface area contributed by atoms with Gasteiger partial charge in [-0.05, 0) is 30.2 Å². The molecule has 0 radical (unpaired) electrons. The number of para-hydroxylation sites is 1. The molecule has 0 spiro atoms. The zero-order valence-corrected chi connectivity index (χ0v) is 14.0. The van der Waals surface area contributed by atoms with Crippen LogP contribution in [0.2, 0.25) is 0 Å². The number of pyridine rings is 1. The molecule has 1 aromatic carbocycles. The second-order valence-electron chi connectivity index (χ2n) is 6.73. The van der Waals surface area contributed by atoms with Crippen LogP contribution in [0.1, 0.15) is 40.9 Å². The Hall–Kier alpha value is -2.95. The number of nitrogens with one attached hydrogen (secondary N) is 1. The lowest BCUT2D eigenvalue weighted by atomic mass is 9.93. The van der Waals surface area contributed by atoms with Gasteiger partial charge < -0.3 is 9.88 Å². The molecule has 2 aliphatic rings. The molecule has 0 saturated heterocycles. The van der Waals surface area contributed by atoms with Gasteiger partial charge in [0.2, 0.25) is 0 Å². The molecule has 0 fully saturated rings. The predicted molar refractivity (Wildman–Crippen MR) is 97.4 cm³/mol. The van der Waals surface area contributed by atoms with Crippen LogP contribution in [-0.2, 0) is 6.54 Å². The molecule has 5 rings (SSSR count). The SMILES string of the molecule is CC1CC=Cc2ccc(-c3nc4cccc5c4n3CCNC5=O)nc21. The molecule has 1 unspecified atom stereocenters. The molecule has 1 N–H and O–H groups in total. The minimum absolute atomic E-state index is 0.0343. The Balaban J connectivity index is 1.75. The van der Waals surface area contributed by atoms with E-state index >= 15 is 0 Å². The molecular weight excluding hydrogens is 312 g/mol. The molecule has 3 aromatic rings. The van der Waals surface area contributed by atoms with Gasteiger partial charge in [-0.3, -0.25) is 4.79 Å². The first kappa shape index (κ1) is 14.4. The Bertz CT molecular complexity index is 1050. The summed E-state index contributed by atoms with van der Waals surface area (Å²) in [5, 5.41) is 2.96. The Morgan fingerprint density at radius 2 is 2.12 bits per heavy atom. The Morgan fingerprint density at radius 3 is 3.04 bits per heavy atom. The van der Waals surface area contributed by atoms with E-state index in [0.717, 1.165) is 34.7 Å².